The zero-order valence-electron chi connectivity index (χ0n) is 12.3. The number of ether oxygens (including phenoxy) is 1. The van der Waals surface area contributed by atoms with Gasteiger partial charge in [-0.3, -0.25) is 0 Å². The van der Waals surface area contributed by atoms with Gasteiger partial charge in [-0.05, 0) is 63.8 Å². The van der Waals surface area contributed by atoms with Crippen LogP contribution in [0.5, 0.6) is 5.75 Å². The van der Waals surface area contributed by atoms with Crippen molar-refractivity contribution in [1.82, 2.24) is 0 Å². The van der Waals surface area contributed by atoms with Crippen molar-refractivity contribution >= 4 is 5.69 Å². The van der Waals surface area contributed by atoms with E-state index in [1.165, 1.54) is 11.1 Å². The van der Waals surface area contributed by atoms with Gasteiger partial charge in [0, 0.05) is 17.8 Å². The molecule has 0 amide bonds. The first kappa shape index (κ1) is 14.8. The Hall–Kier alpha value is -1.22. The maximum absolute atomic E-state index is 5.96. The summed E-state index contributed by atoms with van der Waals surface area (Å²) in [5.74, 6) is 0.976. The van der Waals surface area contributed by atoms with Crippen LogP contribution in [0.1, 0.15) is 37.8 Å². The highest BCUT2D eigenvalue weighted by atomic mass is 16.5. The number of rotatable bonds is 6. The molecule has 18 heavy (non-hydrogen) atoms. The van der Waals surface area contributed by atoms with Gasteiger partial charge in [0.1, 0.15) is 5.75 Å². The monoisotopic (exact) mass is 250 g/mol. The highest BCUT2D eigenvalue weighted by molar-refractivity contribution is 5.55. The number of hydrogen-bond donors (Lipinski definition) is 2. The van der Waals surface area contributed by atoms with Crippen molar-refractivity contribution in [2.75, 3.05) is 19.0 Å². The number of nitrogens with two attached hydrogens (primary N) is 1. The van der Waals surface area contributed by atoms with E-state index in [1.54, 1.807) is 7.11 Å². The highest BCUT2D eigenvalue weighted by Gasteiger charge is 2.09. The minimum absolute atomic E-state index is 0.0760. The molecular formula is C15H26N2O. The molecule has 0 saturated carbocycles. The van der Waals surface area contributed by atoms with Crippen LogP contribution in [0.4, 0.5) is 5.69 Å². The lowest BCUT2D eigenvalue weighted by molar-refractivity contribution is 0.408. The van der Waals surface area contributed by atoms with Gasteiger partial charge in [-0.25, -0.2) is 0 Å². The van der Waals surface area contributed by atoms with Crippen molar-refractivity contribution in [3.05, 3.63) is 23.3 Å². The molecule has 1 aromatic carbocycles. The van der Waals surface area contributed by atoms with Gasteiger partial charge in [0.15, 0.2) is 0 Å². The van der Waals surface area contributed by atoms with Crippen LogP contribution in [0.2, 0.25) is 0 Å². The molecule has 0 saturated heterocycles. The summed E-state index contributed by atoms with van der Waals surface area (Å²) in [4.78, 5) is 0. The molecule has 0 aliphatic rings. The van der Waals surface area contributed by atoms with Gasteiger partial charge < -0.3 is 15.8 Å². The predicted molar refractivity (Wildman–Crippen MR) is 78.5 cm³/mol. The zero-order chi connectivity index (χ0) is 13.8. The number of methoxy groups -OCH3 is 1. The van der Waals surface area contributed by atoms with Crippen LogP contribution in [0.3, 0.4) is 0 Å². The summed E-state index contributed by atoms with van der Waals surface area (Å²) in [7, 11) is 1.71. The summed E-state index contributed by atoms with van der Waals surface area (Å²) >= 11 is 0. The first-order valence-corrected chi connectivity index (χ1v) is 6.51. The number of nitrogens with one attached hydrogen (secondary N) is 1. The summed E-state index contributed by atoms with van der Waals surface area (Å²) in [5.41, 5.74) is 9.37. The van der Waals surface area contributed by atoms with Crippen molar-refractivity contribution < 1.29 is 4.74 Å². The maximum Gasteiger partial charge on any atom is 0.124 e. The Balaban J connectivity index is 2.54. The van der Waals surface area contributed by atoms with E-state index in [1.807, 2.05) is 0 Å². The van der Waals surface area contributed by atoms with E-state index in [4.69, 9.17) is 10.5 Å². The van der Waals surface area contributed by atoms with Gasteiger partial charge in [0.2, 0.25) is 0 Å². The Labute approximate surface area is 111 Å². The molecule has 1 aromatic rings. The highest BCUT2D eigenvalue weighted by Crippen LogP contribution is 2.26. The van der Waals surface area contributed by atoms with Gasteiger partial charge in [-0.1, -0.05) is 0 Å². The van der Waals surface area contributed by atoms with E-state index < -0.39 is 0 Å². The normalized spacial score (nSPS) is 11.4. The topological polar surface area (TPSA) is 47.3 Å². The predicted octanol–water partition coefficient (Wildman–Crippen LogP) is 3.24. The number of benzene rings is 1. The van der Waals surface area contributed by atoms with Crippen molar-refractivity contribution in [3.63, 3.8) is 0 Å². The number of anilines is 1. The fourth-order valence-corrected chi connectivity index (χ4v) is 2.15. The molecule has 0 fully saturated rings. The van der Waals surface area contributed by atoms with Gasteiger partial charge in [0.25, 0.3) is 0 Å². The molecule has 0 aromatic heterocycles. The van der Waals surface area contributed by atoms with Crippen LogP contribution in [-0.4, -0.2) is 19.2 Å². The standard InChI is InChI=1S/C15H26N2O/c1-11-9-13(10-12(2)14(11)18-5)17-8-6-7-15(3,4)16/h9-10,17H,6-8,16H2,1-5H3. The number of hydrogen-bond acceptors (Lipinski definition) is 3. The van der Waals surface area contributed by atoms with Crippen molar-refractivity contribution in [1.29, 1.82) is 0 Å². The molecule has 3 heteroatoms. The first-order valence-electron chi connectivity index (χ1n) is 6.51. The quantitative estimate of drug-likeness (QED) is 0.762. The molecule has 0 unspecified atom stereocenters. The third kappa shape index (κ3) is 4.57. The molecule has 1 rings (SSSR count). The summed E-state index contributed by atoms with van der Waals surface area (Å²) < 4.78 is 5.36. The Morgan fingerprint density at radius 3 is 2.22 bits per heavy atom. The summed E-state index contributed by atoms with van der Waals surface area (Å²) in [6, 6.07) is 4.25. The van der Waals surface area contributed by atoms with Gasteiger partial charge in [0.05, 0.1) is 7.11 Å². The van der Waals surface area contributed by atoms with Crippen LogP contribution >= 0.6 is 0 Å². The molecule has 0 bridgehead atoms. The average Bonchev–Trinajstić information content (AvgIpc) is 2.23. The van der Waals surface area contributed by atoms with E-state index >= 15 is 0 Å². The van der Waals surface area contributed by atoms with E-state index in [0.29, 0.717) is 0 Å². The summed E-state index contributed by atoms with van der Waals surface area (Å²) in [6.45, 7) is 9.22. The maximum atomic E-state index is 5.96. The summed E-state index contributed by atoms with van der Waals surface area (Å²) in [6.07, 6.45) is 2.10. The molecular weight excluding hydrogens is 224 g/mol. The van der Waals surface area contributed by atoms with Crippen LogP contribution in [0.15, 0.2) is 12.1 Å². The molecule has 102 valence electrons. The lowest BCUT2D eigenvalue weighted by Crippen LogP contribution is -2.32. The van der Waals surface area contributed by atoms with Gasteiger partial charge >= 0.3 is 0 Å². The first-order chi connectivity index (χ1) is 8.33. The zero-order valence-corrected chi connectivity index (χ0v) is 12.3. The van der Waals surface area contributed by atoms with Crippen molar-refractivity contribution in [2.24, 2.45) is 5.73 Å². The van der Waals surface area contributed by atoms with E-state index in [2.05, 4.69) is 45.1 Å². The van der Waals surface area contributed by atoms with Gasteiger partial charge in [-0.15, -0.1) is 0 Å². The van der Waals surface area contributed by atoms with E-state index in [0.717, 1.165) is 30.8 Å². The fraction of sp³-hybridized carbons (Fsp3) is 0.600. The van der Waals surface area contributed by atoms with Crippen molar-refractivity contribution in [3.8, 4) is 5.75 Å². The van der Waals surface area contributed by atoms with Crippen LogP contribution in [0, 0.1) is 13.8 Å². The molecule has 0 atom stereocenters. The molecule has 0 spiro atoms. The second-order valence-electron chi connectivity index (χ2n) is 5.66. The molecule has 0 heterocycles. The minimum atomic E-state index is -0.0760. The Morgan fingerprint density at radius 2 is 1.78 bits per heavy atom. The lowest BCUT2D eigenvalue weighted by Gasteiger charge is -2.18. The van der Waals surface area contributed by atoms with Gasteiger partial charge in [-0.2, -0.15) is 0 Å². The Morgan fingerprint density at radius 1 is 1.22 bits per heavy atom. The molecule has 0 aliphatic heterocycles. The third-order valence-corrected chi connectivity index (χ3v) is 2.99. The second kappa shape index (κ2) is 6.10. The fourth-order valence-electron chi connectivity index (χ4n) is 2.15. The smallest absolute Gasteiger partial charge is 0.124 e. The molecule has 3 N–H and O–H groups in total. The van der Waals surface area contributed by atoms with Crippen molar-refractivity contribution in [2.45, 2.75) is 46.1 Å². The Bertz CT molecular complexity index is 371. The third-order valence-electron chi connectivity index (χ3n) is 2.99. The van der Waals surface area contributed by atoms with E-state index in [9.17, 15) is 0 Å². The SMILES string of the molecule is COc1c(C)cc(NCCCC(C)(C)N)cc1C. The van der Waals surface area contributed by atoms with Crippen LogP contribution in [0.25, 0.3) is 0 Å². The largest absolute Gasteiger partial charge is 0.496 e. The Kier molecular flexibility index (Phi) is 5.03. The lowest BCUT2D eigenvalue weighted by atomic mass is 10.0. The minimum Gasteiger partial charge on any atom is -0.496 e. The van der Waals surface area contributed by atoms with E-state index in [-0.39, 0.29) is 5.54 Å². The molecule has 0 radical (unpaired) electrons. The van der Waals surface area contributed by atoms with Crippen LogP contribution in [-0.2, 0) is 0 Å². The second-order valence-corrected chi connectivity index (χ2v) is 5.66. The summed E-state index contributed by atoms with van der Waals surface area (Å²) in [5, 5.41) is 3.44. The average molecular weight is 250 g/mol. The van der Waals surface area contributed by atoms with Crippen LogP contribution < -0.4 is 15.8 Å². The number of aryl methyl sites for hydroxylation is 2. The molecule has 3 nitrogen and oxygen atoms in total. The molecule has 0 aliphatic carbocycles.